The van der Waals surface area contributed by atoms with Crippen LogP contribution in [0.4, 0.5) is 18.9 Å². The van der Waals surface area contributed by atoms with Crippen molar-refractivity contribution in [1.29, 1.82) is 0 Å². The summed E-state index contributed by atoms with van der Waals surface area (Å²) in [5, 5.41) is 19.1. The smallest absolute Gasteiger partial charge is 0.382 e. The van der Waals surface area contributed by atoms with E-state index < -0.39 is 35.0 Å². The molecule has 0 amide bonds. The van der Waals surface area contributed by atoms with Gasteiger partial charge < -0.3 is 9.67 Å². The van der Waals surface area contributed by atoms with Gasteiger partial charge in [0.25, 0.3) is 0 Å². The maximum Gasteiger partial charge on any atom is 0.416 e. The van der Waals surface area contributed by atoms with E-state index >= 15 is 0 Å². The van der Waals surface area contributed by atoms with Gasteiger partial charge in [-0.05, 0) is 6.07 Å². The van der Waals surface area contributed by atoms with E-state index in [1.165, 1.54) is 0 Å². The summed E-state index contributed by atoms with van der Waals surface area (Å²) in [7, 11) is 0. The number of aliphatic hydroxyl groups is 1. The fourth-order valence-electron chi connectivity index (χ4n) is 1.10. The van der Waals surface area contributed by atoms with Crippen molar-refractivity contribution in [2.24, 2.45) is 0 Å². The summed E-state index contributed by atoms with van der Waals surface area (Å²) in [6, 6.07) is 1.93. The average molecular weight is 252 g/mol. The molecule has 1 heterocycles. The van der Waals surface area contributed by atoms with Crippen molar-refractivity contribution in [3.63, 3.8) is 0 Å². The van der Waals surface area contributed by atoms with Crippen LogP contribution < -0.4 is 5.56 Å². The van der Waals surface area contributed by atoms with Crippen molar-refractivity contribution in [3.05, 3.63) is 38.8 Å². The topological polar surface area (TPSA) is 85.4 Å². The number of alkyl halides is 3. The van der Waals surface area contributed by atoms with Gasteiger partial charge in [-0.2, -0.15) is 13.2 Å². The molecular formula is C8H7F3N2O4. The summed E-state index contributed by atoms with van der Waals surface area (Å²) >= 11 is 0. The van der Waals surface area contributed by atoms with Gasteiger partial charge in [-0.25, -0.2) is 0 Å². The largest absolute Gasteiger partial charge is 0.416 e. The van der Waals surface area contributed by atoms with Crippen LogP contribution in [0, 0.1) is 10.1 Å². The number of aromatic nitrogens is 1. The number of nitrogens with zero attached hydrogens (tertiary/aromatic N) is 2. The highest BCUT2D eigenvalue weighted by Gasteiger charge is 2.38. The first kappa shape index (κ1) is 13.2. The molecule has 0 saturated carbocycles. The maximum atomic E-state index is 12.0. The van der Waals surface area contributed by atoms with E-state index in [-0.39, 0.29) is 0 Å². The molecule has 0 spiro atoms. The summed E-state index contributed by atoms with van der Waals surface area (Å²) in [4.78, 5) is 20.7. The van der Waals surface area contributed by atoms with Crippen LogP contribution in [0.3, 0.4) is 0 Å². The summed E-state index contributed by atoms with van der Waals surface area (Å²) in [5.41, 5.74) is -2.04. The lowest BCUT2D eigenvalue weighted by molar-refractivity contribution is -0.386. The van der Waals surface area contributed by atoms with Crippen LogP contribution in [-0.2, 0) is 6.54 Å². The summed E-state index contributed by atoms with van der Waals surface area (Å²) in [6.45, 7) is -1.08. The lowest BCUT2D eigenvalue weighted by atomic mass is 10.3. The summed E-state index contributed by atoms with van der Waals surface area (Å²) in [5.74, 6) is 0. The van der Waals surface area contributed by atoms with Crippen molar-refractivity contribution >= 4 is 5.69 Å². The number of halogens is 3. The zero-order valence-electron chi connectivity index (χ0n) is 8.22. The third-order valence-corrected chi connectivity index (χ3v) is 1.94. The van der Waals surface area contributed by atoms with Gasteiger partial charge in [0.1, 0.15) is 0 Å². The third-order valence-electron chi connectivity index (χ3n) is 1.94. The molecule has 0 aliphatic rings. The lowest BCUT2D eigenvalue weighted by Gasteiger charge is -2.15. The van der Waals surface area contributed by atoms with Gasteiger partial charge in [-0.1, -0.05) is 0 Å². The van der Waals surface area contributed by atoms with Crippen LogP contribution in [0.5, 0.6) is 0 Å². The van der Waals surface area contributed by atoms with Gasteiger partial charge in [0.2, 0.25) is 0 Å². The van der Waals surface area contributed by atoms with Gasteiger partial charge in [-0.15, -0.1) is 0 Å². The van der Waals surface area contributed by atoms with Gasteiger partial charge in [0, 0.05) is 12.3 Å². The third kappa shape index (κ3) is 3.03. The van der Waals surface area contributed by atoms with E-state index in [4.69, 9.17) is 5.11 Å². The molecule has 1 atom stereocenters. The molecule has 17 heavy (non-hydrogen) atoms. The van der Waals surface area contributed by atoms with E-state index in [0.717, 1.165) is 18.3 Å². The second-order valence-electron chi connectivity index (χ2n) is 3.17. The second kappa shape index (κ2) is 4.53. The molecule has 6 nitrogen and oxygen atoms in total. The predicted molar refractivity (Wildman–Crippen MR) is 49.4 cm³/mol. The van der Waals surface area contributed by atoms with Gasteiger partial charge in [-0.3, -0.25) is 14.9 Å². The van der Waals surface area contributed by atoms with Crippen molar-refractivity contribution in [1.82, 2.24) is 4.57 Å². The van der Waals surface area contributed by atoms with Crippen LogP contribution in [0.25, 0.3) is 0 Å². The van der Waals surface area contributed by atoms with E-state index in [9.17, 15) is 28.1 Å². The minimum atomic E-state index is -4.88. The van der Waals surface area contributed by atoms with Gasteiger partial charge >= 0.3 is 17.4 Å². The van der Waals surface area contributed by atoms with Crippen LogP contribution in [0.15, 0.2) is 23.1 Å². The number of nitro groups is 1. The Kier molecular flexibility index (Phi) is 3.51. The number of pyridine rings is 1. The molecule has 94 valence electrons. The van der Waals surface area contributed by atoms with Crippen molar-refractivity contribution in [2.75, 3.05) is 0 Å². The summed E-state index contributed by atoms with van der Waals surface area (Å²) in [6.07, 6.45) is -6.70. The number of hydrogen-bond acceptors (Lipinski definition) is 4. The van der Waals surface area contributed by atoms with E-state index in [0.29, 0.717) is 4.57 Å². The highest BCUT2D eigenvalue weighted by Crippen LogP contribution is 2.20. The minimum absolute atomic E-state index is 0.441. The van der Waals surface area contributed by atoms with E-state index in [2.05, 4.69) is 0 Å². The molecule has 9 heteroatoms. The molecule has 0 saturated heterocycles. The van der Waals surface area contributed by atoms with Gasteiger partial charge in [0.05, 0.1) is 11.5 Å². The van der Waals surface area contributed by atoms with Crippen molar-refractivity contribution < 1.29 is 23.2 Å². The maximum absolute atomic E-state index is 12.0. The first-order chi connectivity index (χ1) is 7.73. The normalized spacial score (nSPS) is 13.4. The highest BCUT2D eigenvalue weighted by molar-refractivity contribution is 5.25. The Morgan fingerprint density at radius 3 is 2.59 bits per heavy atom. The Hall–Kier alpha value is -1.90. The van der Waals surface area contributed by atoms with Crippen LogP contribution in [0.2, 0.25) is 0 Å². The van der Waals surface area contributed by atoms with Crippen LogP contribution in [-0.4, -0.2) is 26.9 Å². The molecule has 0 bridgehead atoms. The lowest BCUT2D eigenvalue weighted by Crippen LogP contribution is -2.36. The number of aliphatic hydroxyl groups excluding tert-OH is 1. The molecule has 1 aromatic heterocycles. The molecule has 0 radical (unpaired) electrons. The summed E-state index contributed by atoms with van der Waals surface area (Å²) < 4.78 is 36.5. The molecule has 1 unspecified atom stereocenters. The fraction of sp³-hybridized carbons (Fsp3) is 0.375. The molecule has 1 aromatic rings. The van der Waals surface area contributed by atoms with E-state index in [1.807, 2.05) is 0 Å². The Balaban J connectivity index is 3.05. The van der Waals surface area contributed by atoms with Crippen LogP contribution in [0.1, 0.15) is 0 Å². The molecule has 0 aliphatic carbocycles. The monoisotopic (exact) mass is 252 g/mol. The van der Waals surface area contributed by atoms with Crippen molar-refractivity contribution in [3.8, 4) is 0 Å². The highest BCUT2D eigenvalue weighted by atomic mass is 19.4. The zero-order chi connectivity index (χ0) is 13.2. The molecule has 1 rings (SSSR count). The van der Waals surface area contributed by atoms with E-state index in [1.54, 1.807) is 0 Å². The number of hydrogen-bond donors (Lipinski definition) is 1. The van der Waals surface area contributed by atoms with Crippen molar-refractivity contribution in [2.45, 2.75) is 18.8 Å². The molecular weight excluding hydrogens is 245 g/mol. The molecule has 0 aromatic carbocycles. The van der Waals surface area contributed by atoms with Crippen LogP contribution >= 0.6 is 0 Å². The van der Waals surface area contributed by atoms with Gasteiger partial charge in [0.15, 0.2) is 6.10 Å². The minimum Gasteiger partial charge on any atom is -0.382 e. The standard InChI is InChI=1S/C8H7F3N2O4/c9-8(10,11)6(14)4-12-3-1-2-5(7(12)15)13(16)17/h1-3,6,14H,4H2. The SMILES string of the molecule is O=c1c([N+](=O)[O-])cccn1CC(O)C(F)(F)F. The molecule has 0 aliphatic heterocycles. The molecule has 0 fully saturated rings. The quantitative estimate of drug-likeness (QED) is 0.633. The fourth-order valence-corrected chi connectivity index (χ4v) is 1.10. The Labute approximate surface area is 92.1 Å². The Morgan fingerprint density at radius 2 is 2.12 bits per heavy atom. The zero-order valence-corrected chi connectivity index (χ0v) is 8.22. The predicted octanol–water partition coefficient (Wildman–Crippen LogP) is 0.680. The molecule has 1 N–H and O–H groups in total. The second-order valence-corrected chi connectivity index (χ2v) is 3.17. The Bertz CT molecular complexity index is 482. The first-order valence-corrected chi connectivity index (χ1v) is 4.32. The average Bonchev–Trinajstić information content (AvgIpc) is 2.19. The first-order valence-electron chi connectivity index (χ1n) is 4.32. The Morgan fingerprint density at radius 1 is 1.53 bits per heavy atom. The number of rotatable bonds is 3.